The molecule has 0 amide bonds. The minimum atomic E-state index is 0.225. The van der Waals surface area contributed by atoms with Crippen molar-refractivity contribution in [2.45, 2.75) is 13.5 Å². The summed E-state index contributed by atoms with van der Waals surface area (Å²) in [7, 11) is 0. The topological polar surface area (TPSA) is 60.9 Å². The van der Waals surface area contributed by atoms with Gasteiger partial charge in [0.2, 0.25) is 0 Å². The van der Waals surface area contributed by atoms with Crippen molar-refractivity contribution in [2.75, 3.05) is 13.2 Å². The van der Waals surface area contributed by atoms with Crippen molar-refractivity contribution >= 4 is 11.0 Å². The van der Waals surface area contributed by atoms with Crippen molar-refractivity contribution in [3.05, 3.63) is 30.1 Å². The number of pyridine rings is 1. The molecule has 0 spiro atoms. The number of hydrogen-bond donors (Lipinski definition) is 3. The van der Waals surface area contributed by atoms with Gasteiger partial charge < -0.3 is 15.4 Å². The van der Waals surface area contributed by atoms with E-state index in [1.165, 1.54) is 5.56 Å². The van der Waals surface area contributed by atoms with E-state index in [-0.39, 0.29) is 6.61 Å². The lowest BCUT2D eigenvalue weighted by Gasteiger charge is -2.08. The molecule has 16 heavy (non-hydrogen) atoms. The highest BCUT2D eigenvalue weighted by molar-refractivity contribution is 5.79. The van der Waals surface area contributed by atoms with Crippen LogP contribution in [0.1, 0.15) is 12.5 Å². The van der Waals surface area contributed by atoms with E-state index in [0.717, 1.165) is 24.1 Å². The van der Waals surface area contributed by atoms with Gasteiger partial charge in [0, 0.05) is 37.5 Å². The normalized spacial score (nSPS) is 13.1. The van der Waals surface area contributed by atoms with Gasteiger partial charge in [0.05, 0.1) is 0 Å². The third-order valence-corrected chi connectivity index (χ3v) is 2.66. The lowest BCUT2D eigenvalue weighted by Crippen LogP contribution is -2.22. The number of H-pyrrole nitrogens is 1. The average Bonchev–Trinajstić information content (AvgIpc) is 2.73. The molecular weight excluding hydrogens is 202 g/mol. The number of nitrogens with one attached hydrogen (secondary N) is 2. The van der Waals surface area contributed by atoms with Gasteiger partial charge in [-0.2, -0.15) is 0 Å². The molecule has 2 rings (SSSR count). The third-order valence-electron chi connectivity index (χ3n) is 2.66. The van der Waals surface area contributed by atoms with Gasteiger partial charge in [-0.15, -0.1) is 0 Å². The quantitative estimate of drug-likeness (QED) is 0.710. The molecule has 0 aliphatic heterocycles. The second kappa shape index (κ2) is 5.09. The summed E-state index contributed by atoms with van der Waals surface area (Å²) in [5, 5.41) is 13.4. The standard InChI is InChI=1S/C12H17N3O/c1-9(8-16)5-13-6-10-7-15-12-11(10)3-2-4-14-12/h2-4,7,9,13,16H,5-6,8H2,1H3,(H,14,15). The monoisotopic (exact) mass is 219 g/mol. The molecule has 0 bridgehead atoms. The molecule has 2 aromatic heterocycles. The molecular formula is C12H17N3O. The highest BCUT2D eigenvalue weighted by Gasteiger charge is 2.04. The highest BCUT2D eigenvalue weighted by Crippen LogP contribution is 2.14. The summed E-state index contributed by atoms with van der Waals surface area (Å²) in [5.74, 6) is 0.295. The minimum absolute atomic E-state index is 0.225. The molecule has 0 aliphatic carbocycles. The van der Waals surface area contributed by atoms with Crippen molar-refractivity contribution in [2.24, 2.45) is 5.92 Å². The molecule has 0 radical (unpaired) electrons. The number of aromatic nitrogens is 2. The van der Waals surface area contributed by atoms with Gasteiger partial charge in [-0.25, -0.2) is 4.98 Å². The molecule has 0 fully saturated rings. The molecule has 1 atom stereocenters. The van der Waals surface area contributed by atoms with Gasteiger partial charge in [0.1, 0.15) is 5.65 Å². The molecule has 1 unspecified atom stereocenters. The van der Waals surface area contributed by atoms with Crippen LogP contribution in [0.4, 0.5) is 0 Å². The summed E-state index contributed by atoms with van der Waals surface area (Å²) >= 11 is 0. The number of fused-ring (bicyclic) bond motifs is 1. The zero-order valence-electron chi connectivity index (χ0n) is 9.40. The van der Waals surface area contributed by atoms with Crippen LogP contribution in [0.25, 0.3) is 11.0 Å². The number of aromatic amines is 1. The lowest BCUT2D eigenvalue weighted by atomic mass is 10.2. The Kier molecular flexibility index (Phi) is 3.54. The Labute approximate surface area is 94.7 Å². The van der Waals surface area contributed by atoms with Crippen LogP contribution in [0.15, 0.2) is 24.5 Å². The van der Waals surface area contributed by atoms with Crippen LogP contribution in [0.3, 0.4) is 0 Å². The van der Waals surface area contributed by atoms with Crippen LogP contribution in [0.5, 0.6) is 0 Å². The van der Waals surface area contributed by atoms with E-state index in [1.807, 2.05) is 19.2 Å². The third kappa shape index (κ3) is 2.40. The number of aliphatic hydroxyl groups is 1. The Morgan fingerprint density at radius 2 is 2.44 bits per heavy atom. The van der Waals surface area contributed by atoms with E-state index in [9.17, 15) is 0 Å². The zero-order valence-corrected chi connectivity index (χ0v) is 9.40. The van der Waals surface area contributed by atoms with E-state index in [4.69, 9.17) is 5.11 Å². The molecule has 0 aliphatic rings. The Morgan fingerprint density at radius 3 is 3.25 bits per heavy atom. The number of aliphatic hydroxyl groups excluding tert-OH is 1. The largest absolute Gasteiger partial charge is 0.396 e. The SMILES string of the molecule is CC(CO)CNCc1c[nH]c2ncccc12. The van der Waals surface area contributed by atoms with Gasteiger partial charge in [-0.1, -0.05) is 6.92 Å². The molecule has 2 heterocycles. The maximum Gasteiger partial charge on any atom is 0.137 e. The molecule has 86 valence electrons. The Balaban J connectivity index is 1.99. The predicted molar refractivity (Wildman–Crippen MR) is 64.1 cm³/mol. The zero-order chi connectivity index (χ0) is 11.4. The lowest BCUT2D eigenvalue weighted by molar-refractivity contribution is 0.233. The first-order chi connectivity index (χ1) is 7.81. The van der Waals surface area contributed by atoms with Crippen LogP contribution >= 0.6 is 0 Å². The van der Waals surface area contributed by atoms with Crippen LogP contribution in [0, 0.1) is 5.92 Å². The Bertz CT molecular complexity index is 452. The van der Waals surface area contributed by atoms with Crippen molar-refractivity contribution < 1.29 is 5.11 Å². The number of nitrogens with zero attached hydrogens (tertiary/aromatic N) is 1. The van der Waals surface area contributed by atoms with Crippen LogP contribution in [-0.4, -0.2) is 28.2 Å². The van der Waals surface area contributed by atoms with E-state index < -0.39 is 0 Å². The fourth-order valence-corrected chi connectivity index (χ4v) is 1.68. The van der Waals surface area contributed by atoms with Crippen molar-refractivity contribution in [3.8, 4) is 0 Å². The summed E-state index contributed by atoms with van der Waals surface area (Å²) in [5.41, 5.74) is 2.14. The van der Waals surface area contributed by atoms with Crippen molar-refractivity contribution in [3.63, 3.8) is 0 Å². The summed E-state index contributed by atoms with van der Waals surface area (Å²) in [6.45, 7) is 3.87. The van der Waals surface area contributed by atoms with Crippen molar-refractivity contribution in [1.82, 2.24) is 15.3 Å². The maximum atomic E-state index is 8.91. The second-order valence-corrected chi connectivity index (χ2v) is 4.13. The second-order valence-electron chi connectivity index (χ2n) is 4.13. The summed E-state index contributed by atoms with van der Waals surface area (Å²) in [4.78, 5) is 7.38. The molecule has 0 saturated heterocycles. The van der Waals surface area contributed by atoms with Gasteiger partial charge in [-0.3, -0.25) is 0 Å². The average molecular weight is 219 g/mol. The van der Waals surface area contributed by atoms with Gasteiger partial charge in [-0.05, 0) is 23.6 Å². The number of hydrogen-bond acceptors (Lipinski definition) is 3. The van der Waals surface area contributed by atoms with E-state index in [1.54, 1.807) is 6.20 Å². The highest BCUT2D eigenvalue weighted by atomic mass is 16.3. The summed E-state index contributed by atoms with van der Waals surface area (Å²) < 4.78 is 0. The molecule has 4 nitrogen and oxygen atoms in total. The molecule has 0 aromatic carbocycles. The first kappa shape index (κ1) is 11.1. The summed E-state index contributed by atoms with van der Waals surface area (Å²) in [6.07, 6.45) is 3.76. The molecule has 2 aromatic rings. The Hall–Kier alpha value is -1.39. The van der Waals surface area contributed by atoms with E-state index in [2.05, 4.69) is 21.4 Å². The fourth-order valence-electron chi connectivity index (χ4n) is 1.68. The van der Waals surface area contributed by atoms with Gasteiger partial charge in [0.25, 0.3) is 0 Å². The first-order valence-electron chi connectivity index (χ1n) is 5.54. The first-order valence-corrected chi connectivity index (χ1v) is 5.54. The van der Waals surface area contributed by atoms with E-state index >= 15 is 0 Å². The van der Waals surface area contributed by atoms with Gasteiger partial charge in [0.15, 0.2) is 0 Å². The fraction of sp³-hybridized carbons (Fsp3) is 0.417. The predicted octanol–water partition coefficient (Wildman–Crippen LogP) is 1.28. The van der Waals surface area contributed by atoms with E-state index in [0.29, 0.717) is 5.92 Å². The smallest absolute Gasteiger partial charge is 0.137 e. The van der Waals surface area contributed by atoms with Crippen LogP contribution in [-0.2, 0) is 6.54 Å². The number of rotatable bonds is 5. The molecule has 4 heteroatoms. The maximum absolute atomic E-state index is 8.91. The minimum Gasteiger partial charge on any atom is -0.396 e. The van der Waals surface area contributed by atoms with Crippen LogP contribution in [0.2, 0.25) is 0 Å². The van der Waals surface area contributed by atoms with Crippen LogP contribution < -0.4 is 5.32 Å². The van der Waals surface area contributed by atoms with Gasteiger partial charge >= 0.3 is 0 Å². The summed E-state index contributed by atoms with van der Waals surface area (Å²) in [6, 6.07) is 4.00. The Morgan fingerprint density at radius 1 is 1.56 bits per heavy atom. The van der Waals surface area contributed by atoms with Crippen molar-refractivity contribution in [1.29, 1.82) is 0 Å². The molecule has 0 saturated carbocycles. The molecule has 3 N–H and O–H groups in total.